The van der Waals surface area contributed by atoms with Crippen LogP contribution in [0.1, 0.15) is 45.5 Å². The van der Waals surface area contributed by atoms with Crippen LogP contribution in [0.2, 0.25) is 0 Å². The average Bonchev–Trinajstić information content (AvgIpc) is 3.38. The van der Waals surface area contributed by atoms with Crippen molar-refractivity contribution in [2.24, 2.45) is 11.7 Å². The van der Waals surface area contributed by atoms with Crippen LogP contribution in [0.3, 0.4) is 0 Å². The summed E-state index contributed by atoms with van der Waals surface area (Å²) in [5.41, 5.74) is 8.21. The minimum absolute atomic E-state index is 0.134. The fourth-order valence-corrected chi connectivity index (χ4v) is 6.39. The van der Waals surface area contributed by atoms with Gasteiger partial charge in [0.2, 0.25) is 5.91 Å². The molecule has 1 aliphatic carbocycles. The molecule has 0 bridgehead atoms. The number of primary amides is 1. The highest BCUT2D eigenvalue weighted by molar-refractivity contribution is 7.99. The van der Waals surface area contributed by atoms with Gasteiger partial charge in [-0.3, -0.25) is 9.59 Å². The molecular formula is C25H29N5O3S2. The van der Waals surface area contributed by atoms with Crippen LogP contribution in [0.15, 0.2) is 42.1 Å². The first-order valence-corrected chi connectivity index (χ1v) is 13.2. The molecule has 3 aromatic rings. The van der Waals surface area contributed by atoms with E-state index in [9.17, 15) is 9.59 Å². The van der Waals surface area contributed by atoms with E-state index < -0.39 is 5.91 Å². The van der Waals surface area contributed by atoms with Gasteiger partial charge < -0.3 is 20.4 Å². The molecule has 2 aromatic heterocycles. The van der Waals surface area contributed by atoms with Gasteiger partial charge in [-0.15, -0.1) is 28.1 Å². The summed E-state index contributed by atoms with van der Waals surface area (Å²) in [7, 11) is 1.64. The summed E-state index contributed by atoms with van der Waals surface area (Å²) in [5.74, 6) is 1.57. The third-order valence-corrected chi connectivity index (χ3v) is 8.11. The Bertz CT molecular complexity index is 1230. The van der Waals surface area contributed by atoms with Gasteiger partial charge in [0.1, 0.15) is 16.6 Å². The lowest BCUT2D eigenvalue weighted by molar-refractivity contribution is -0.113. The summed E-state index contributed by atoms with van der Waals surface area (Å²) in [6, 6.07) is 7.80. The second-order valence-corrected chi connectivity index (χ2v) is 10.6. The predicted octanol–water partition coefficient (Wildman–Crippen LogP) is 4.08. The Morgan fingerprint density at radius 3 is 2.80 bits per heavy atom. The molecule has 2 amide bonds. The lowest BCUT2D eigenvalue weighted by Crippen LogP contribution is -2.20. The molecule has 0 saturated carbocycles. The van der Waals surface area contributed by atoms with E-state index in [0.29, 0.717) is 34.6 Å². The van der Waals surface area contributed by atoms with Crippen molar-refractivity contribution < 1.29 is 14.3 Å². The van der Waals surface area contributed by atoms with E-state index in [1.165, 1.54) is 23.1 Å². The van der Waals surface area contributed by atoms with Crippen molar-refractivity contribution in [3.63, 3.8) is 0 Å². The molecule has 0 fully saturated rings. The number of hydrogen-bond donors (Lipinski definition) is 2. The summed E-state index contributed by atoms with van der Waals surface area (Å²) < 4.78 is 7.17. The van der Waals surface area contributed by atoms with E-state index in [1.807, 2.05) is 28.8 Å². The van der Waals surface area contributed by atoms with E-state index in [0.717, 1.165) is 46.8 Å². The molecule has 3 N–H and O–H groups in total. The zero-order valence-corrected chi connectivity index (χ0v) is 21.5. The number of ether oxygens (including phenoxy) is 1. The minimum Gasteiger partial charge on any atom is -0.497 e. The van der Waals surface area contributed by atoms with Crippen LogP contribution in [-0.4, -0.2) is 39.4 Å². The SMILES string of the molecule is C=CCn1c(Cc2ccc(OC)cc2)nnc1SCC(=O)Nc1sc2c(c1C(N)=O)CCC(C)C2. The Kier molecular flexibility index (Phi) is 7.92. The highest BCUT2D eigenvalue weighted by Crippen LogP contribution is 2.39. The van der Waals surface area contributed by atoms with Crippen LogP contribution >= 0.6 is 23.1 Å². The zero-order valence-electron chi connectivity index (χ0n) is 19.9. The van der Waals surface area contributed by atoms with Crippen LogP contribution in [0, 0.1) is 5.92 Å². The average molecular weight is 512 g/mol. The number of carbonyl (C=O) groups is 2. The molecule has 4 rings (SSSR count). The molecule has 0 spiro atoms. The van der Waals surface area contributed by atoms with Crippen LogP contribution in [0.5, 0.6) is 5.75 Å². The molecule has 1 aliphatic rings. The number of hydrogen-bond acceptors (Lipinski definition) is 7. The number of nitrogens with one attached hydrogen (secondary N) is 1. The van der Waals surface area contributed by atoms with E-state index in [1.54, 1.807) is 13.2 Å². The third-order valence-electron chi connectivity index (χ3n) is 5.97. The van der Waals surface area contributed by atoms with Crippen LogP contribution in [0.4, 0.5) is 5.00 Å². The number of thioether (sulfide) groups is 1. The first-order chi connectivity index (χ1) is 16.9. The fourth-order valence-electron chi connectivity index (χ4n) is 4.19. The second-order valence-electron chi connectivity index (χ2n) is 8.58. The zero-order chi connectivity index (χ0) is 24.9. The number of allylic oxidation sites excluding steroid dienone is 1. The van der Waals surface area contributed by atoms with Crippen molar-refractivity contribution in [1.82, 2.24) is 14.8 Å². The molecule has 1 atom stereocenters. The maximum atomic E-state index is 12.8. The van der Waals surface area contributed by atoms with Gasteiger partial charge in [-0.25, -0.2) is 0 Å². The Morgan fingerprint density at radius 2 is 2.11 bits per heavy atom. The van der Waals surface area contributed by atoms with E-state index in [4.69, 9.17) is 10.5 Å². The van der Waals surface area contributed by atoms with Gasteiger partial charge in [-0.1, -0.05) is 36.9 Å². The number of rotatable bonds is 10. The summed E-state index contributed by atoms with van der Waals surface area (Å²) in [6.45, 7) is 6.57. The fraction of sp³-hybridized carbons (Fsp3) is 0.360. The number of amides is 2. The van der Waals surface area contributed by atoms with E-state index in [-0.39, 0.29) is 11.7 Å². The van der Waals surface area contributed by atoms with Gasteiger partial charge in [0.05, 0.1) is 18.4 Å². The third kappa shape index (κ3) is 5.76. The van der Waals surface area contributed by atoms with Gasteiger partial charge in [-0.2, -0.15) is 0 Å². The van der Waals surface area contributed by atoms with Crippen molar-refractivity contribution in [2.45, 2.75) is 44.3 Å². The van der Waals surface area contributed by atoms with Crippen molar-refractivity contribution in [1.29, 1.82) is 0 Å². The number of aromatic nitrogens is 3. The molecule has 10 heteroatoms. The normalized spacial score (nSPS) is 14.9. The maximum absolute atomic E-state index is 12.8. The maximum Gasteiger partial charge on any atom is 0.251 e. The molecule has 1 aromatic carbocycles. The number of fused-ring (bicyclic) bond motifs is 1. The predicted molar refractivity (Wildman–Crippen MR) is 139 cm³/mol. The molecule has 0 radical (unpaired) electrons. The number of methoxy groups -OCH3 is 1. The van der Waals surface area contributed by atoms with Crippen molar-refractivity contribution in [2.75, 3.05) is 18.2 Å². The number of thiophene rings is 1. The Hall–Kier alpha value is -3.11. The van der Waals surface area contributed by atoms with Gasteiger partial charge in [-0.05, 0) is 48.4 Å². The number of nitrogens with two attached hydrogens (primary N) is 1. The monoisotopic (exact) mass is 511 g/mol. The molecule has 8 nitrogen and oxygen atoms in total. The van der Waals surface area contributed by atoms with Gasteiger partial charge in [0.25, 0.3) is 5.91 Å². The standard InChI is InChI=1S/C25H29N5O3S2/c1-4-11-30-20(13-16-6-8-17(33-3)9-7-16)28-29-25(30)34-14-21(31)27-24-22(23(26)32)18-10-5-15(2)12-19(18)35-24/h4,6-9,15H,1,5,10-14H2,2-3H3,(H2,26,32)(H,27,31). The molecule has 0 saturated heterocycles. The van der Waals surface area contributed by atoms with E-state index in [2.05, 4.69) is 29.0 Å². The largest absolute Gasteiger partial charge is 0.497 e. The van der Waals surface area contributed by atoms with Crippen molar-refractivity contribution in [3.05, 3.63) is 64.3 Å². The highest BCUT2D eigenvalue weighted by Gasteiger charge is 2.27. The van der Waals surface area contributed by atoms with Gasteiger partial charge >= 0.3 is 0 Å². The van der Waals surface area contributed by atoms with Crippen LogP contribution in [0.25, 0.3) is 0 Å². The van der Waals surface area contributed by atoms with E-state index >= 15 is 0 Å². The molecule has 0 aliphatic heterocycles. The summed E-state index contributed by atoms with van der Waals surface area (Å²) >= 11 is 2.77. The summed E-state index contributed by atoms with van der Waals surface area (Å²) in [4.78, 5) is 26.1. The molecule has 35 heavy (non-hydrogen) atoms. The quantitative estimate of drug-likeness (QED) is 0.313. The number of benzene rings is 1. The smallest absolute Gasteiger partial charge is 0.251 e. The first-order valence-electron chi connectivity index (χ1n) is 11.4. The topological polar surface area (TPSA) is 112 Å². The Balaban J connectivity index is 1.44. The highest BCUT2D eigenvalue weighted by atomic mass is 32.2. The molecular weight excluding hydrogens is 482 g/mol. The summed E-state index contributed by atoms with van der Waals surface area (Å²) in [5, 5.41) is 12.7. The van der Waals surface area contributed by atoms with Crippen LogP contribution < -0.4 is 15.8 Å². The second kappa shape index (κ2) is 11.1. The molecule has 184 valence electrons. The number of carbonyl (C=O) groups excluding carboxylic acids is 2. The Labute approximate surface area is 213 Å². The lowest BCUT2D eigenvalue weighted by Gasteiger charge is -2.18. The van der Waals surface area contributed by atoms with Crippen LogP contribution in [-0.2, 0) is 30.6 Å². The van der Waals surface area contributed by atoms with Gasteiger partial charge in [0.15, 0.2) is 5.16 Å². The minimum atomic E-state index is -0.492. The number of anilines is 1. The van der Waals surface area contributed by atoms with Gasteiger partial charge in [0, 0.05) is 17.8 Å². The summed E-state index contributed by atoms with van der Waals surface area (Å²) in [6.07, 6.45) is 5.12. The first kappa shape index (κ1) is 25.0. The van der Waals surface area contributed by atoms with Crippen molar-refractivity contribution in [3.8, 4) is 5.75 Å². The molecule has 1 unspecified atom stereocenters. The molecule has 2 heterocycles. The number of nitrogens with zero attached hydrogens (tertiary/aromatic N) is 3. The van der Waals surface area contributed by atoms with Crippen molar-refractivity contribution >= 4 is 39.9 Å². The lowest BCUT2D eigenvalue weighted by atomic mass is 9.88. The Morgan fingerprint density at radius 1 is 1.34 bits per heavy atom.